The van der Waals surface area contributed by atoms with Crippen LogP contribution in [-0.2, 0) is 9.59 Å². The molecule has 2 N–H and O–H groups in total. The third-order valence-electron chi connectivity index (χ3n) is 2.96. The molecule has 18 heavy (non-hydrogen) atoms. The number of imide groups is 1. The van der Waals surface area contributed by atoms with Crippen LogP contribution in [0.1, 0.15) is 25.7 Å². The molecule has 0 bridgehead atoms. The lowest BCUT2D eigenvalue weighted by atomic mass is 10.1. The van der Waals surface area contributed by atoms with E-state index in [1.54, 1.807) is 7.05 Å². The molecular weight excluding hydrogens is 236 g/mol. The minimum absolute atomic E-state index is 0.498. The summed E-state index contributed by atoms with van der Waals surface area (Å²) in [4.78, 5) is 34.4. The molecule has 6 nitrogen and oxygen atoms in total. The third kappa shape index (κ3) is 4.99. The Hall–Kier alpha value is -1.85. The van der Waals surface area contributed by atoms with Crippen molar-refractivity contribution in [3.8, 4) is 0 Å². The number of nitrogens with one attached hydrogen (secondary N) is 1. The second-order valence-corrected chi connectivity index (χ2v) is 4.50. The van der Waals surface area contributed by atoms with E-state index in [1.807, 2.05) is 0 Å². The van der Waals surface area contributed by atoms with Gasteiger partial charge in [-0.3, -0.25) is 10.1 Å². The summed E-state index contributed by atoms with van der Waals surface area (Å²) >= 11 is 0. The van der Waals surface area contributed by atoms with Gasteiger partial charge in [0, 0.05) is 25.7 Å². The lowest BCUT2D eigenvalue weighted by Gasteiger charge is -2.20. The average molecular weight is 254 g/mol. The molecule has 1 rings (SSSR count). The van der Waals surface area contributed by atoms with Crippen molar-refractivity contribution in [2.75, 3.05) is 13.6 Å². The number of carboxylic acids is 1. The maximum absolute atomic E-state index is 11.6. The van der Waals surface area contributed by atoms with Gasteiger partial charge < -0.3 is 10.0 Å². The standard InChI is InChI=1S/C12H18N2O4/c1-14(8-9-4-2-3-5-9)12(18)13-10(15)6-7-11(16)17/h6-7,9H,2-5,8H2,1H3,(H,16,17)(H,13,15,18). The topological polar surface area (TPSA) is 86.7 Å². The number of amides is 3. The van der Waals surface area contributed by atoms with E-state index in [2.05, 4.69) is 5.32 Å². The highest BCUT2D eigenvalue weighted by Crippen LogP contribution is 2.24. The Morgan fingerprint density at radius 1 is 1.28 bits per heavy atom. The van der Waals surface area contributed by atoms with Gasteiger partial charge in [-0.1, -0.05) is 12.8 Å². The second-order valence-electron chi connectivity index (χ2n) is 4.50. The Morgan fingerprint density at radius 3 is 2.44 bits per heavy atom. The van der Waals surface area contributed by atoms with Crippen molar-refractivity contribution in [1.29, 1.82) is 0 Å². The number of carbonyl (C=O) groups excluding carboxylic acids is 2. The van der Waals surface area contributed by atoms with E-state index in [9.17, 15) is 14.4 Å². The summed E-state index contributed by atoms with van der Waals surface area (Å²) in [7, 11) is 1.63. The van der Waals surface area contributed by atoms with Gasteiger partial charge in [0.1, 0.15) is 0 Å². The van der Waals surface area contributed by atoms with E-state index in [1.165, 1.54) is 17.7 Å². The monoisotopic (exact) mass is 254 g/mol. The normalized spacial score (nSPS) is 15.8. The summed E-state index contributed by atoms with van der Waals surface area (Å²) in [6.07, 6.45) is 6.14. The quantitative estimate of drug-likeness (QED) is 0.732. The number of nitrogens with zero attached hydrogens (tertiary/aromatic N) is 1. The Balaban J connectivity index is 2.34. The lowest BCUT2D eigenvalue weighted by molar-refractivity contribution is -0.131. The average Bonchev–Trinajstić information content (AvgIpc) is 2.79. The van der Waals surface area contributed by atoms with E-state index in [0.29, 0.717) is 18.5 Å². The fraction of sp³-hybridized carbons (Fsp3) is 0.583. The molecule has 0 saturated heterocycles. The smallest absolute Gasteiger partial charge is 0.328 e. The van der Waals surface area contributed by atoms with E-state index in [0.717, 1.165) is 18.9 Å². The minimum atomic E-state index is -1.23. The zero-order chi connectivity index (χ0) is 13.5. The first-order valence-corrected chi connectivity index (χ1v) is 5.96. The van der Waals surface area contributed by atoms with Crippen LogP contribution in [0.2, 0.25) is 0 Å². The molecule has 0 aromatic heterocycles. The van der Waals surface area contributed by atoms with Crippen LogP contribution in [-0.4, -0.2) is 41.5 Å². The molecule has 6 heteroatoms. The Labute approximate surface area is 106 Å². The van der Waals surface area contributed by atoms with Gasteiger partial charge in [0.25, 0.3) is 5.91 Å². The van der Waals surface area contributed by atoms with Crippen LogP contribution >= 0.6 is 0 Å². The first-order chi connectivity index (χ1) is 8.49. The second kappa shape index (κ2) is 6.78. The number of urea groups is 1. The molecule has 0 unspecified atom stereocenters. The van der Waals surface area contributed by atoms with Gasteiger partial charge in [-0.25, -0.2) is 9.59 Å². The summed E-state index contributed by atoms with van der Waals surface area (Å²) < 4.78 is 0. The summed E-state index contributed by atoms with van der Waals surface area (Å²) in [5.74, 6) is -1.44. The molecule has 0 heterocycles. The van der Waals surface area contributed by atoms with Crippen LogP contribution in [0.15, 0.2) is 12.2 Å². The predicted octanol–water partition coefficient (Wildman–Crippen LogP) is 0.985. The Bertz CT molecular complexity index is 359. The fourth-order valence-electron chi connectivity index (χ4n) is 2.05. The van der Waals surface area contributed by atoms with Crippen molar-refractivity contribution in [1.82, 2.24) is 10.2 Å². The van der Waals surface area contributed by atoms with E-state index in [4.69, 9.17) is 5.11 Å². The third-order valence-corrected chi connectivity index (χ3v) is 2.96. The molecule has 3 amide bonds. The Morgan fingerprint density at radius 2 is 1.89 bits per heavy atom. The van der Waals surface area contributed by atoms with Gasteiger partial charge in [-0.15, -0.1) is 0 Å². The maximum atomic E-state index is 11.6. The van der Waals surface area contributed by atoms with Crippen molar-refractivity contribution in [2.24, 2.45) is 5.92 Å². The summed E-state index contributed by atoms with van der Waals surface area (Å²) in [5.41, 5.74) is 0. The van der Waals surface area contributed by atoms with Crippen molar-refractivity contribution in [2.45, 2.75) is 25.7 Å². The predicted molar refractivity (Wildman–Crippen MR) is 64.9 cm³/mol. The molecule has 1 saturated carbocycles. The van der Waals surface area contributed by atoms with Crippen LogP contribution in [0.4, 0.5) is 4.79 Å². The van der Waals surface area contributed by atoms with Gasteiger partial charge in [-0.05, 0) is 18.8 Å². The first kappa shape index (κ1) is 14.2. The Kier molecular flexibility index (Phi) is 5.35. The number of carbonyl (C=O) groups is 3. The molecule has 1 fully saturated rings. The molecular formula is C12H18N2O4. The van der Waals surface area contributed by atoms with Crippen LogP contribution in [0.25, 0.3) is 0 Å². The maximum Gasteiger partial charge on any atom is 0.328 e. The highest BCUT2D eigenvalue weighted by Gasteiger charge is 2.19. The summed E-state index contributed by atoms with van der Waals surface area (Å²) in [6.45, 7) is 0.627. The van der Waals surface area contributed by atoms with Gasteiger partial charge >= 0.3 is 12.0 Å². The zero-order valence-corrected chi connectivity index (χ0v) is 10.4. The van der Waals surface area contributed by atoms with Crippen molar-refractivity contribution in [3.63, 3.8) is 0 Å². The molecule has 0 aromatic rings. The molecule has 0 spiro atoms. The zero-order valence-electron chi connectivity index (χ0n) is 10.4. The van der Waals surface area contributed by atoms with Crippen molar-refractivity contribution in [3.05, 3.63) is 12.2 Å². The summed E-state index contributed by atoms with van der Waals surface area (Å²) in [6, 6.07) is -0.498. The SMILES string of the molecule is CN(CC1CCCC1)C(=O)NC(=O)C=CC(=O)O. The van der Waals surface area contributed by atoms with Gasteiger partial charge in [-0.2, -0.15) is 0 Å². The molecule has 0 aromatic carbocycles. The van der Waals surface area contributed by atoms with E-state index in [-0.39, 0.29) is 0 Å². The number of hydrogen-bond donors (Lipinski definition) is 2. The molecule has 0 radical (unpaired) electrons. The first-order valence-electron chi connectivity index (χ1n) is 5.96. The number of hydrogen-bond acceptors (Lipinski definition) is 3. The van der Waals surface area contributed by atoms with Crippen LogP contribution < -0.4 is 5.32 Å². The fourth-order valence-corrected chi connectivity index (χ4v) is 2.05. The molecule has 1 aliphatic rings. The molecule has 1 aliphatic carbocycles. The van der Waals surface area contributed by atoms with Crippen molar-refractivity contribution >= 4 is 17.9 Å². The molecule has 0 atom stereocenters. The molecule has 0 aliphatic heterocycles. The molecule has 100 valence electrons. The number of aliphatic carboxylic acids is 1. The van der Waals surface area contributed by atoms with E-state index >= 15 is 0 Å². The summed E-state index contributed by atoms with van der Waals surface area (Å²) in [5, 5.41) is 10.4. The lowest BCUT2D eigenvalue weighted by Crippen LogP contribution is -2.41. The van der Waals surface area contributed by atoms with Crippen LogP contribution in [0, 0.1) is 5.92 Å². The minimum Gasteiger partial charge on any atom is -0.478 e. The van der Waals surface area contributed by atoms with Crippen LogP contribution in [0.3, 0.4) is 0 Å². The number of carboxylic acid groups (broad SMARTS) is 1. The van der Waals surface area contributed by atoms with Gasteiger partial charge in [0.2, 0.25) is 0 Å². The highest BCUT2D eigenvalue weighted by molar-refractivity contribution is 6.02. The van der Waals surface area contributed by atoms with E-state index < -0.39 is 17.9 Å². The number of rotatable bonds is 4. The van der Waals surface area contributed by atoms with Crippen molar-refractivity contribution < 1.29 is 19.5 Å². The highest BCUT2D eigenvalue weighted by atomic mass is 16.4. The van der Waals surface area contributed by atoms with Crippen LogP contribution in [0.5, 0.6) is 0 Å². The van der Waals surface area contributed by atoms with Gasteiger partial charge in [0.15, 0.2) is 0 Å². The largest absolute Gasteiger partial charge is 0.478 e. The van der Waals surface area contributed by atoms with Gasteiger partial charge in [0.05, 0.1) is 0 Å².